The van der Waals surface area contributed by atoms with Crippen molar-refractivity contribution in [2.75, 3.05) is 66.1 Å². The van der Waals surface area contributed by atoms with Crippen LogP contribution in [0.25, 0.3) is 0 Å². The predicted octanol–water partition coefficient (Wildman–Crippen LogP) is 6.28. The molecule has 0 bridgehead atoms. The van der Waals surface area contributed by atoms with E-state index in [4.69, 9.17) is 28.4 Å². The van der Waals surface area contributed by atoms with Crippen LogP contribution in [0.15, 0.2) is 170 Å². The fourth-order valence-corrected chi connectivity index (χ4v) is 10.6. The molecule has 0 saturated heterocycles. The number of hydrogen-bond donors (Lipinski definition) is 0. The number of carbonyl (C=O) groups is 2. The average molecular weight is 815 g/mol. The van der Waals surface area contributed by atoms with E-state index in [2.05, 4.69) is 97.1 Å². The molecule has 6 aromatic carbocycles. The van der Waals surface area contributed by atoms with Gasteiger partial charge < -0.3 is 28.4 Å². The summed E-state index contributed by atoms with van der Waals surface area (Å²) < 4.78 is 33.0. The Morgan fingerprint density at radius 1 is 0.293 bits per heavy atom. The van der Waals surface area contributed by atoms with E-state index < -0.39 is 15.8 Å². The molecule has 0 aromatic heterocycles. The molecular formula is C48H48O8P2. The van der Waals surface area contributed by atoms with E-state index in [1.807, 2.05) is 72.8 Å². The third kappa shape index (κ3) is 13.3. The first kappa shape index (κ1) is 42.6. The van der Waals surface area contributed by atoms with E-state index in [1.54, 1.807) is 0 Å². The molecule has 8 nitrogen and oxygen atoms in total. The Kier molecular flexibility index (Phi) is 17.6. The largest absolute Gasteiger partial charge is 0.460 e. The Bertz CT molecular complexity index is 1840. The van der Waals surface area contributed by atoms with Crippen molar-refractivity contribution >= 4 is 59.6 Å². The average Bonchev–Trinajstić information content (AvgIpc) is 3.28. The molecule has 0 amide bonds. The molecule has 0 spiro atoms. The van der Waals surface area contributed by atoms with E-state index in [0.717, 1.165) is 10.6 Å². The van der Waals surface area contributed by atoms with Crippen LogP contribution in [0.3, 0.4) is 0 Å². The van der Waals surface area contributed by atoms with Crippen molar-refractivity contribution in [2.24, 2.45) is 0 Å². The Morgan fingerprint density at radius 2 is 0.517 bits per heavy atom. The molecule has 6 aromatic rings. The number of ether oxygens (including phenoxy) is 6. The highest BCUT2D eigenvalue weighted by Gasteiger charge is 2.18. The topological polar surface area (TPSA) is 89.5 Å². The summed E-state index contributed by atoms with van der Waals surface area (Å²) in [6.07, 6.45) is 0. The molecule has 298 valence electrons. The maximum atomic E-state index is 12.6. The first-order chi connectivity index (χ1) is 28.7. The lowest BCUT2D eigenvalue weighted by molar-refractivity contribution is -0.0136. The van der Waals surface area contributed by atoms with Gasteiger partial charge in [0.15, 0.2) is 0 Å². The molecule has 10 heteroatoms. The van der Waals surface area contributed by atoms with E-state index in [1.165, 1.54) is 21.2 Å². The van der Waals surface area contributed by atoms with Crippen LogP contribution in [0.1, 0.15) is 20.7 Å². The lowest BCUT2D eigenvalue weighted by Gasteiger charge is -2.19. The summed E-state index contributed by atoms with van der Waals surface area (Å²) in [7, 11) is -1.47. The van der Waals surface area contributed by atoms with Gasteiger partial charge >= 0.3 is 11.9 Å². The highest BCUT2D eigenvalue weighted by Crippen LogP contribution is 2.33. The van der Waals surface area contributed by atoms with Gasteiger partial charge in [-0.2, -0.15) is 0 Å². The van der Waals surface area contributed by atoms with Gasteiger partial charge in [0.25, 0.3) is 0 Å². The molecule has 0 aliphatic heterocycles. The van der Waals surface area contributed by atoms with Gasteiger partial charge in [0.05, 0.1) is 64.0 Å². The van der Waals surface area contributed by atoms with Crippen LogP contribution >= 0.6 is 15.8 Å². The van der Waals surface area contributed by atoms with Crippen molar-refractivity contribution in [3.63, 3.8) is 0 Å². The molecule has 0 aliphatic carbocycles. The highest BCUT2D eigenvalue weighted by atomic mass is 31.1. The lowest BCUT2D eigenvalue weighted by Crippen LogP contribution is -2.21. The standard InChI is InChI=1S/C48H48O8P2/c49-47(39-21-25-45(26-22-39)57(41-13-5-1-6-14-41)42-15-7-2-8-16-42)55-37-35-53-33-31-51-29-30-52-32-34-54-36-38-56-48(50)40-23-27-46(28-24-40)58(43-17-9-3-10-18-43)44-19-11-4-12-20-44/h1-28H,29-38H2. The molecule has 0 atom stereocenters. The van der Waals surface area contributed by atoms with Crippen LogP contribution in [-0.4, -0.2) is 78.0 Å². The number of esters is 2. The van der Waals surface area contributed by atoms with Crippen molar-refractivity contribution in [1.29, 1.82) is 0 Å². The van der Waals surface area contributed by atoms with Gasteiger partial charge in [-0.25, -0.2) is 9.59 Å². The van der Waals surface area contributed by atoms with Crippen molar-refractivity contribution in [3.8, 4) is 0 Å². The molecule has 0 radical (unpaired) electrons. The molecular weight excluding hydrogens is 766 g/mol. The van der Waals surface area contributed by atoms with E-state index >= 15 is 0 Å². The molecule has 0 heterocycles. The van der Waals surface area contributed by atoms with Gasteiger partial charge in [0.2, 0.25) is 0 Å². The number of rotatable bonds is 23. The minimum atomic E-state index is -0.737. The summed E-state index contributed by atoms with van der Waals surface area (Å²) in [5.74, 6) is -0.757. The first-order valence-corrected chi connectivity index (χ1v) is 22.0. The monoisotopic (exact) mass is 814 g/mol. The molecule has 6 rings (SSSR count). The molecule has 0 fully saturated rings. The Morgan fingerprint density at radius 3 is 0.776 bits per heavy atom. The first-order valence-electron chi connectivity index (χ1n) is 19.3. The van der Waals surface area contributed by atoms with Gasteiger partial charge in [-0.3, -0.25) is 0 Å². The van der Waals surface area contributed by atoms with E-state index in [9.17, 15) is 9.59 Å². The van der Waals surface area contributed by atoms with Crippen molar-refractivity contribution in [2.45, 2.75) is 0 Å². The van der Waals surface area contributed by atoms with Crippen LogP contribution < -0.4 is 31.8 Å². The molecule has 0 aliphatic rings. The zero-order chi connectivity index (χ0) is 40.0. The summed E-state index contributed by atoms with van der Waals surface area (Å²) in [5, 5.41) is 7.34. The smallest absolute Gasteiger partial charge is 0.338 e. The Labute approximate surface area is 343 Å². The number of carbonyl (C=O) groups excluding carboxylic acids is 2. The molecule has 0 unspecified atom stereocenters. The lowest BCUT2D eigenvalue weighted by atomic mass is 10.2. The SMILES string of the molecule is O=C(OCCOCCOCCOCCOCCOC(=O)c1ccc(P(c2ccccc2)c2ccccc2)cc1)c1ccc(P(c2ccccc2)c2ccccc2)cc1. The Balaban J connectivity index is 0.767. The van der Waals surface area contributed by atoms with Crippen molar-refractivity contribution in [3.05, 3.63) is 181 Å². The van der Waals surface area contributed by atoms with Gasteiger partial charge in [0.1, 0.15) is 13.2 Å². The fourth-order valence-electron chi connectivity index (χ4n) is 6.01. The summed E-state index contributed by atoms with van der Waals surface area (Å²) >= 11 is 0. The van der Waals surface area contributed by atoms with E-state index in [0.29, 0.717) is 50.8 Å². The summed E-state index contributed by atoms with van der Waals surface area (Å²) in [5.41, 5.74) is 1.01. The van der Waals surface area contributed by atoms with Gasteiger partial charge in [-0.05, 0) is 71.9 Å². The normalized spacial score (nSPS) is 11.1. The summed E-state index contributed by atoms with van der Waals surface area (Å²) in [6.45, 7) is 3.26. The zero-order valence-corrected chi connectivity index (χ0v) is 34.2. The number of benzene rings is 6. The third-order valence-corrected chi connectivity index (χ3v) is 13.7. The molecule has 0 saturated carbocycles. The van der Waals surface area contributed by atoms with E-state index in [-0.39, 0.29) is 38.4 Å². The molecule has 58 heavy (non-hydrogen) atoms. The minimum Gasteiger partial charge on any atom is -0.460 e. The van der Waals surface area contributed by atoms with Crippen LogP contribution in [-0.2, 0) is 28.4 Å². The van der Waals surface area contributed by atoms with Gasteiger partial charge in [-0.15, -0.1) is 0 Å². The predicted molar refractivity (Wildman–Crippen MR) is 234 cm³/mol. The van der Waals surface area contributed by atoms with Crippen LogP contribution in [0, 0.1) is 0 Å². The maximum Gasteiger partial charge on any atom is 0.338 e. The second-order valence-electron chi connectivity index (χ2n) is 12.8. The maximum absolute atomic E-state index is 12.6. The third-order valence-electron chi connectivity index (χ3n) is 8.82. The fraction of sp³-hybridized carbons (Fsp3) is 0.208. The van der Waals surface area contributed by atoms with Gasteiger partial charge in [0, 0.05) is 0 Å². The quantitative estimate of drug-likeness (QED) is 0.0425. The second-order valence-corrected chi connectivity index (χ2v) is 17.3. The van der Waals surface area contributed by atoms with Crippen molar-refractivity contribution in [1.82, 2.24) is 0 Å². The zero-order valence-electron chi connectivity index (χ0n) is 32.4. The minimum absolute atomic E-state index is 0.155. The van der Waals surface area contributed by atoms with Gasteiger partial charge in [-0.1, -0.05) is 146 Å². The highest BCUT2D eigenvalue weighted by molar-refractivity contribution is 7.80. The second kappa shape index (κ2) is 24.0. The van der Waals surface area contributed by atoms with Crippen molar-refractivity contribution < 1.29 is 38.0 Å². The van der Waals surface area contributed by atoms with Crippen LogP contribution in [0.2, 0.25) is 0 Å². The molecule has 0 N–H and O–H groups in total. The summed E-state index contributed by atoms with van der Waals surface area (Å²) in [4.78, 5) is 25.3. The number of hydrogen-bond acceptors (Lipinski definition) is 8. The Hall–Kier alpha value is -5.04. The van der Waals surface area contributed by atoms with Crippen LogP contribution in [0.5, 0.6) is 0 Å². The summed E-state index contributed by atoms with van der Waals surface area (Å²) in [6, 6.07) is 57.1. The van der Waals surface area contributed by atoms with Crippen LogP contribution in [0.4, 0.5) is 0 Å².